The van der Waals surface area contributed by atoms with Crippen molar-refractivity contribution in [1.82, 2.24) is 15.2 Å². The van der Waals surface area contributed by atoms with Gasteiger partial charge in [-0.3, -0.25) is 14.6 Å². The highest BCUT2D eigenvalue weighted by Gasteiger charge is 2.26. The molecule has 172 valence electrons. The lowest BCUT2D eigenvalue weighted by atomic mass is 10.1. The summed E-state index contributed by atoms with van der Waals surface area (Å²) in [6.07, 6.45) is 3.49. The van der Waals surface area contributed by atoms with Crippen LogP contribution in [0.3, 0.4) is 0 Å². The standard InChI is InChI=1S/C26H29N3O4/c1-19(26(31)28-17-20-11-13-27-14-12-20)29(18-21-7-5-4-6-8-21)25(30)16-22-9-10-23(32-2)24(15-22)33-3/h4-15,19H,16-18H2,1-3H3,(H,28,31). The van der Waals surface area contributed by atoms with Crippen LogP contribution in [0.5, 0.6) is 11.5 Å². The minimum atomic E-state index is -0.653. The second-order valence-electron chi connectivity index (χ2n) is 7.62. The maximum absolute atomic E-state index is 13.4. The molecule has 0 saturated heterocycles. The zero-order valence-electron chi connectivity index (χ0n) is 19.2. The van der Waals surface area contributed by atoms with Gasteiger partial charge in [-0.1, -0.05) is 36.4 Å². The maximum Gasteiger partial charge on any atom is 0.242 e. The number of carbonyl (C=O) groups excluding carboxylic acids is 2. The van der Waals surface area contributed by atoms with Crippen molar-refractivity contribution in [2.75, 3.05) is 14.2 Å². The zero-order valence-corrected chi connectivity index (χ0v) is 19.2. The Kier molecular flexibility index (Phi) is 8.41. The molecule has 7 nitrogen and oxygen atoms in total. The minimum Gasteiger partial charge on any atom is -0.493 e. The molecule has 0 saturated carbocycles. The van der Waals surface area contributed by atoms with Crippen molar-refractivity contribution in [2.45, 2.75) is 32.5 Å². The van der Waals surface area contributed by atoms with Crippen LogP contribution in [0, 0.1) is 0 Å². The summed E-state index contributed by atoms with van der Waals surface area (Å²) in [5, 5.41) is 2.92. The number of methoxy groups -OCH3 is 2. The van der Waals surface area contributed by atoms with E-state index in [0.29, 0.717) is 24.6 Å². The molecule has 0 aliphatic carbocycles. The van der Waals surface area contributed by atoms with Crippen LogP contribution in [0.2, 0.25) is 0 Å². The fraction of sp³-hybridized carbons (Fsp3) is 0.269. The number of aromatic nitrogens is 1. The molecular formula is C26H29N3O4. The summed E-state index contributed by atoms with van der Waals surface area (Å²) in [7, 11) is 3.12. The van der Waals surface area contributed by atoms with Gasteiger partial charge in [0.05, 0.1) is 20.6 Å². The number of carbonyl (C=O) groups is 2. The molecule has 1 atom stereocenters. The summed E-state index contributed by atoms with van der Waals surface area (Å²) in [5.41, 5.74) is 2.67. The summed E-state index contributed by atoms with van der Waals surface area (Å²) in [5.74, 6) is 0.778. The Balaban J connectivity index is 1.76. The number of ether oxygens (including phenoxy) is 2. The molecule has 0 aliphatic heterocycles. The monoisotopic (exact) mass is 447 g/mol. The predicted octanol–water partition coefficient (Wildman–Crippen LogP) is 3.38. The summed E-state index contributed by atoms with van der Waals surface area (Å²) in [6, 6.07) is 18.1. The molecule has 0 aliphatic rings. The molecule has 1 heterocycles. The average molecular weight is 448 g/mol. The van der Waals surface area contributed by atoms with Gasteiger partial charge in [0.25, 0.3) is 0 Å². The van der Waals surface area contributed by atoms with Crippen LogP contribution in [-0.4, -0.2) is 42.0 Å². The van der Waals surface area contributed by atoms with Crippen LogP contribution >= 0.6 is 0 Å². The number of hydrogen-bond acceptors (Lipinski definition) is 5. The van der Waals surface area contributed by atoms with Crippen molar-refractivity contribution in [2.24, 2.45) is 0 Å². The number of amides is 2. The Hall–Kier alpha value is -3.87. The first-order chi connectivity index (χ1) is 16.0. The van der Waals surface area contributed by atoms with Gasteiger partial charge in [-0.2, -0.15) is 0 Å². The van der Waals surface area contributed by atoms with Crippen LogP contribution in [-0.2, 0) is 29.1 Å². The van der Waals surface area contributed by atoms with E-state index in [2.05, 4.69) is 10.3 Å². The quantitative estimate of drug-likeness (QED) is 0.515. The summed E-state index contributed by atoms with van der Waals surface area (Å²) in [4.78, 5) is 31.9. The average Bonchev–Trinajstić information content (AvgIpc) is 2.86. The van der Waals surface area contributed by atoms with Crippen molar-refractivity contribution in [3.63, 3.8) is 0 Å². The zero-order chi connectivity index (χ0) is 23.6. The van der Waals surface area contributed by atoms with E-state index in [4.69, 9.17) is 9.47 Å². The summed E-state index contributed by atoms with van der Waals surface area (Å²) in [6.45, 7) is 2.45. The predicted molar refractivity (Wildman–Crippen MR) is 126 cm³/mol. The van der Waals surface area contributed by atoms with E-state index in [-0.39, 0.29) is 18.2 Å². The lowest BCUT2D eigenvalue weighted by molar-refractivity contribution is -0.140. The first-order valence-corrected chi connectivity index (χ1v) is 10.7. The molecule has 3 aromatic rings. The number of hydrogen-bond donors (Lipinski definition) is 1. The minimum absolute atomic E-state index is 0.134. The second-order valence-corrected chi connectivity index (χ2v) is 7.62. The van der Waals surface area contributed by atoms with Gasteiger partial charge in [-0.15, -0.1) is 0 Å². The molecule has 1 unspecified atom stereocenters. The maximum atomic E-state index is 13.4. The van der Waals surface area contributed by atoms with Crippen LogP contribution in [0.1, 0.15) is 23.6 Å². The first-order valence-electron chi connectivity index (χ1n) is 10.7. The van der Waals surface area contributed by atoms with Crippen molar-refractivity contribution in [3.05, 3.63) is 89.7 Å². The smallest absolute Gasteiger partial charge is 0.242 e. The third kappa shape index (κ3) is 6.55. The SMILES string of the molecule is COc1ccc(CC(=O)N(Cc2ccccc2)C(C)C(=O)NCc2ccncc2)cc1OC. The van der Waals surface area contributed by atoms with E-state index in [0.717, 1.165) is 16.7 Å². The highest BCUT2D eigenvalue weighted by molar-refractivity contribution is 5.88. The van der Waals surface area contributed by atoms with Gasteiger partial charge in [0, 0.05) is 25.5 Å². The second kappa shape index (κ2) is 11.7. The lowest BCUT2D eigenvalue weighted by Gasteiger charge is -2.29. The van der Waals surface area contributed by atoms with Gasteiger partial charge in [0.1, 0.15) is 6.04 Å². The lowest BCUT2D eigenvalue weighted by Crippen LogP contribution is -2.48. The molecular weight excluding hydrogens is 418 g/mol. The Morgan fingerprint density at radius 3 is 2.27 bits per heavy atom. The Labute approximate surface area is 194 Å². The van der Waals surface area contributed by atoms with E-state index >= 15 is 0 Å². The third-order valence-corrected chi connectivity index (χ3v) is 5.38. The molecule has 0 fully saturated rings. The Morgan fingerprint density at radius 1 is 0.909 bits per heavy atom. The molecule has 1 aromatic heterocycles. The normalized spacial score (nSPS) is 11.4. The van der Waals surface area contributed by atoms with Crippen LogP contribution in [0.15, 0.2) is 73.1 Å². The molecule has 2 aromatic carbocycles. The van der Waals surface area contributed by atoms with E-state index in [1.165, 1.54) is 0 Å². The Bertz CT molecular complexity index is 1060. The number of nitrogens with zero attached hydrogens (tertiary/aromatic N) is 2. The molecule has 0 bridgehead atoms. The van der Waals surface area contributed by atoms with Gasteiger partial charge in [-0.25, -0.2) is 0 Å². The van der Waals surface area contributed by atoms with Gasteiger partial charge in [0.2, 0.25) is 11.8 Å². The van der Waals surface area contributed by atoms with Crippen molar-refractivity contribution < 1.29 is 19.1 Å². The summed E-state index contributed by atoms with van der Waals surface area (Å²) >= 11 is 0. The van der Waals surface area contributed by atoms with Crippen LogP contribution in [0.4, 0.5) is 0 Å². The molecule has 2 amide bonds. The van der Waals surface area contributed by atoms with Gasteiger partial charge in [-0.05, 0) is 47.9 Å². The largest absolute Gasteiger partial charge is 0.493 e. The van der Waals surface area contributed by atoms with Gasteiger partial charge >= 0.3 is 0 Å². The number of benzene rings is 2. The molecule has 1 N–H and O–H groups in total. The molecule has 3 rings (SSSR count). The number of rotatable bonds is 10. The highest BCUT2D eigenvalue weighted by Crippen LogP contribution is 2.28. The van der Waals surface area contributed by atoms with Crippen molar-refractivity contribution in [3.8, 4) is 11.5 Å². The van der Waals surface area contributed by atoms with Crippen molar-refractivity contribution in [1.29, 1.82) is 0 Å². The first kappa shape index (κ1) is 23.8. The van der Waals surface area contributed by atoms with Crippen molar-refractivity contribution >= 4 is 11.8 Å². The number of nitrogens with one attached hydrogen (secondary N) is 1. The van der Waals surface area contributed by atoms with Gasteiger partial charge < -0.3 is 19.7 Å². The summed E-state index contributed by atoms with van der Waals surface area (Å²) < 4.78 is 10.6. The molecule has 7 heteroatoms. The topological polar surface area (TPSA) is 80.8 Å². The number of pyridine rings is 1. The van der Waals surface area contributed by atoms with Crippen LogP contribution in [0.25, 0.3) is 0 Å². The van der Waals surface area contributed by atoms with E-state index in [1.54, 1.807) is 50.6 Å². The van der Waals surface area contributed by atoms with E-state index in [9.17, 15) is 9.59 Å². The van der Waals surface area contributed by atoms with E-state index in [1.807, 2.05) is 48.5 Å². The third-order valence-electron chi connectivity index (χ3n) is 5.38. The fourth-order valence-electron chi connectivity index (χ4n) is 3.47. The molecule has 33 heavy (non-hydrogen) atoms. The van der Waals surface area contributed by atoms with Crippen LogP contribution < -0.4 is 14.8 Å². The highest BCUT2D eigenvalue weighted by atomic mass is 16.5. The van der Waals surface area contributed by atoms with E-state index < -0.39 is 6.04 Å². The Morgan fingerprint density at radius 2 is 1.61 bits per heavy atom. The molecule has 0 radical (unpaired) electrons. The fourth-order valence-corrected chi connectivity index (χ4v) is 3.47. The molecule has 0 spiro atoms. The van der Waals surface area contributed by atoms with Gasteiger partial charge in [0.15, 0.2) is 11.5 Å².